The Balaban J connectivity index is 1.40. The fourth-order valence-electron chi connectivity index (χ4n) is 3.74. The summed E-state index contributed by atoms with van der Waals surface area (Å²) in [4.78, 5) is 30.2. The van der Waals surface area contributed by atoms with Crippen molar-refractivity contribution in [2.75, 3.05) is 11.9 Å². The molecule has 3 heterocycles. The number of pyridine rings is 1. The number of hydrogen-bond acceptors (Lipinski definition) is 6. The van der Waals surface area contributed by atoms with E-state index in [4.69, 9.17) is 11.6 Å². The second-order valence-electron chi connectivity index (χ2n) is 8.12. The van der Waals surface area contributed by atoms with E-state index < -0.39 is 17.6 Å². The smallest absolute Gasteiger partial charge is 0.270 e. The van der Waals surface area contributed by atoms with Gasteiger partial charge in [0.2, 0.25) is 0 Å². The molecule has 0 spiro atoms. The van der Waals surface area contributed by atoms with E-state index in [2.05, 4.69) is 36.1 Å². The summed E-state index contributed by atoms with van der Waals surface area (Å²) < 4.78 is 15.7. The maximum atomic E-state index is 14.3. The molecule has 38 heavy (non-hydrogen) atoms. The summed E-state index contributed by atoms with van der Waals surface area (Å²) >= 11 is 6.29. The van der Waals surface area contributed by atoms with E-state index in [0.29, 0.717) is 29.9 Å². The standard InChI is InChI=1S/C26H20ClFN8O2/c27-20-9-8-16(24-21(28)7-4-11-29-24)13-19(20)25(37)32-23-14-22(36(34-23)18-5-2-1-3-6-18)26(38)30-12-10-17-15-31-35-33-17/h1-9,11,13-15H,10,12H2,(H,30,38)(H,31,33,35)(H,32,34,37). The lowest BCUT2D eigenvalue weighted by atomic mass is 10.1. The average molecular weight is 531 g/mol. The summed E-state index contributed by atoms with van der Waals surface area (Å²) in [6.45, 7) is 0.319. The Kier molecular flexibility index (Phi) is 7.18. The van der Waals surface area contributed by atoms with Gasteiger partial charge in [0.15, 0.2) is 5.82 Å². The Morgan fingerprint density at radius 3 is 2.63 bits per heavy atom. The van der Waals surface area contributed by atoms with E-state index in [1.54, 1.807) is 24.4 Å². The van der Waals surface area contributed by atoms with Crippen molar-refractivity contribution in [2.24, 2.45) is 0 Å². The molecule has 190 valence electrons. The number of aromatic nitrogens is 6. The molecular weight excluding hydrogens is 511 g/mol. The molecule has 0 fully saturated rings. The van der Waals surface area contributed by atoms with Gasteiger partial charge in [-0.3, -0.25) is 19.7 Å². The Labute approximate surface area is 220 Å². The monoisotopic (exact) mass is 530 g/mol. The van der Waals surface area contributed by atoms with E-state index in [1.807, 2.05) is 18.2 Å². The highest BCUT2D eigenvalue weighted by Gasteiger charge is 2.20. The summed E-state index contributed by atoms with van der Waals surface area (Å²) in [5, 5.41) is 20.3. The number of benzene rings is 2. The van der Waals surface area contributed by atoms with Gasteiger partial charge in [0, 0.05) is 37.0 Å². The third kappa shape index (κ3) is 5.42. The molecule has 12 heteroatoms. The Bertz CT molecular complexity index is 1590. The summed E-state index contributed by atoms with van der Waals surface area (Å²) in [5.74, 6) is -1.37. The zero-order chi connectivity index (χ0) is 26.5. The van der Waals surface area contributed by atoms with Crippen LogP contribution in [0.1, 0.15) is 26.5 Å². The number of para-hydroxylation sites is 1. The van der Waals surface area contributed by atoms with Crippen molar-refractivity contribution < 1.29 is 14.0 Å². The average Bonchev–Trinajstić information content (AvgIpc) is 3.60. The molecule has 0 radical (unpaired) electrons. The number of carbonyl (C=O) groups is 2. The first-order chi connectivity index (χ1) is 18.5. The lowest BCUT2D eigenvalue weighted by molar-refractivity contribution is 0.0945. The van der Waals surface area contributed by atoms with Gasteiger partial charge in [0.05, 0.1) is 22.0 Å². The van der Waals surface area contributed by atoms with Crippen LogP contribution < -0.4 is 10.6 Å². The van der Waals surface area contributed by atoms with Crippen molar-refractivity contribution in [3.05, 3.63) is 107 Å². The van der Waals surface area contributed by atoms with Crippen LogP contribution >= 0.6 is 11.6 Å². The first-order valence-corrected chi connectivity index (χ1v) is 11.9. The number of halogens is 2. The molecule has 0 aliphatic carbocycles. The fourth-order valence-corrected chi connectivity index (χ4v) is 3.94. The van der Waals surface area contributed by atoms with Crippen molar-refractivity contribution >= 4 is 29.2 Å². The zero-order valence-corrected chi connectivity index (χ0v) is 20.5. The van der Waals surface area contributed by atoms with Crippen LogP contribution in [0.4, 0.5) is 10.2 Å². The summed E-state index contributed by atoms with van der Waals surface area (Å²) in [6.07, 6.45) is 3.59. The molecule has 3 N–H and O–H groups in total. The number of amides is 2. The van der Waals surface area contributed by atoms with Gasteiger partial charge in [-0.25, -0.2) is 9.07 Å². The number of hydrogen-bond donors (Lipinski definition) is 3. The van der Waals surface area contributed by atoms with E-state index in [0.717, 1.165) is 0 Å². The van der Waals surface area contributed by atoms with Gasteiger partial charge in [0.1, 0.15) is 17.2 Å². The molecule has 0 saturated heterocycles. The lowest BCUT2D eigenvalue weighted by Gasteiger charge is -2.08. The maximum Gasteiger partial charge on any atom is 0.270 e. The van der Waals surface area contributed by atoms with Crippen LogP contribution in [-0.4, -0.2) is 48.5 Å². The van der Waals surface area contributed by atoms with Crippen LogP contribution in [-0.2, 0) is 6.42 Å². The number of nitrogens with one attached hydrogen (secondary N) is 3. The van der Waals surface area contributed by atoms with Crippen LogP contribution in [0.3, 0.4) is 0 Å². The van der Waals surface area contributed by atoms with Crippen LogP contribution in [0.2, 0.25) is 5.02 Å². The third-order valence-corrected chi connectivity index (χ3v) is 5.89. The molecule has 0 unspecified atom stereocenters. The molecule has 5 rings (SSSR count). The number of rotatable bonds is 8. The molecule has 2 aromatic carbocycles. The van der Waals surface area contributed by atoms with E-state index >= 15 is 0 Å². The van der Waals surface area contributed by atoms with E-state index in [9.17, 15) is 14.0 Å². The SMILES string of the molecule is O=C(Nc1cc(C(=O)NCCc2c[nH]nn2)n(-c2ccccc2)n1)c1cc(-c2ncccc2F)ccc1Cl. The quantitative estimate of drug-likeness (QED) is 0.277. The molecule has 0 atom stereocenters. The van der Waals surface area contributed by atoms with Gasteiger partial charge < -0.3 is 10.6 Å². The molecule has 0 aliphatic heterocycles. The number of aromatic amines is 1. The number of carbonyl (C=O) groups excluding carboxylic acids is 2. The number of nitrogens with zero attached hydrogens (tertiary/aromatic N) is 5. The van der Waals surface area contributed by atoms with Crippen molar-refractivity contribution in [1.82, 2.24) is 35.5 Å². The minimum atomic E-state index is -0.580. The summed E-state index contributed by atoms with van der Waals surface area (Å²) in [7, 11) is 0. The summed E-state index contributed by atoms with van der Waals surface area (Å²) in [6, 6.07) is 17.8. The Hall–Kier alpha value is -4.90. The van der Waals surface area contributed by atoms with Crippen LogP contribution in [0, 0.1) is 5.82 Å². The highest BCUT2D eigenvalue weighted by Crippen LogP contribution is 2.26. The minimum Gasteiger partial charge on any atom is -0.350 e. The normalized spacial score (nSPS) is 10.8. The van der Waals surface area contributed by atoms with Gasteiger partial charge in [-0.15, -0.1) is 10.2 Å². The molecule has 10 nitrogen and oxygen atoms in total. The molecule has 3 aromatic heterocycles. The Morgan fingerprint density at radius 2 is 1.87 bits per heavy atom. The second-order valence-corrected chi connectivity index (χ2v) is 8.52. The number of anilines is 1. The number of H-pyrrole nitrogens is 1. The largest absolute Gasteiger partial charge is 0.350 e. The van der Waals surface area contributed by atoms with Gasteiger partial charge >= 0.3 is 0 Å². The fraction of sp³-hybridized carbons (Fsp3) is 0.0769. The topological polar surface area (TPSA) is 130 Å². The van der Waals surface area contributed by atoms with Crippen molar-refractivity contribution in [2.45, 2.75) is 6.42 Å². The lowest BCUT2D eigenvalue weighted by Crippen LogP contribution is -2.27. The zero-order valence-electron chi connectivity index (χ0n) is 19.7. The highest BCUT2D eigenvalue weighted by atomic mass is 35.5. The van der Waals surface area contributed by atoms with Gasteiger partial charge in [-0.1, -0.05) is 41.1 Å². The minimum absolute atomic E-state index is 0.0937. The van der Waals surface area contributed by atoms with Crippen molar-refractivity contribution in [3.63, 3.8) is 0 Å². The predicted molar refractivity (Wildman–Crippen MR) is 139 cm³/mol. The van der Waals surface area contributed by atoms with Crippen LogP contribution in [0.15, 0.2) is 79.1 Å². The molecule has 2 amide bonds. The first kappa shape index (κ1) is 24.8. The van der Waals surface area contributed by atoms with Gasteiger partial charge in [0.25, 0.3) is 11.8 Å². The maximum absolute atomic E-state index is 14.3. The van der Waals surface area contributed by atoms with Crippen LogP contribution in [0.25, 0.3) is 16.9 Å². The van der Waals surface area contributed by atoms with E-state index in [-0.39, 0.29) is 27.8 Å². The highest BCUT2D eigenvalue weighted by molar-refractivity contribution is 6.34. The molecule has 0 saturated carbocycles. The van der Waals surface area contributed by atoms with Crippen LogP contribution in [0.5, 0.6) is 0 Å². The van der Waals surface area contributed by atoms with E-state index in [1.165, 1.54) is 41.2 Å². The predicted octanol–water partition coefficient (Wildman–Crippen LogP) is 4.07. The molecule has 0 bridgehead atoms. The third-order valence-electron chi connectivity index (χ3n) is 5.56. The van der Waals surface area contributed by atoms with Gasteiger partial charge in [-0.2, -0.15) is 0 Å². The van der Waals surface area contributed by atoms with Crippen molar-refractivity contribution in [1.29, 1.82) is 0 Å². The first-order valence-electron chi connectivity index (χ1n) is 11.5. The molecular formula is C26H20ClFN8O2. The molecule has 5 aromatic rings. The van der Waals surface area contributed by atoms with Crippen molar-refractivity contribution in [3.8, 4) is 16.9 Å². The summed E-state index contributed by atoms with van der Waals surface area (Å²) in [5.41, 5.74) is 2.12. The second kappa shape index (κ2) is 11.0. The molecule has 0 aliphatic rings. The Morgan fingerprint density at radius 1 is 1.03 bits per heavy atom. The van der Waals surface area contributed by atoms with Gasteiger partial charge in [-0.05, 0) is 36.4 Å².